The summed E-state index contributed by atoms with van der Waals surface area (Å²) in [5, 5.41) is 32.8. The molecular weight excluding hydrogens is 736 g/mol. The normalized spacial score (nSPS) is 16.2. The summed E-state index contributed by atoms with van der Waals surface area (Å²) >= 11 is 9.82. The van der Waals surface area contributed by atoms with E-state index in [-0.39, 0.29) is 31.6 Å². The van der Waals surface area contributed by atoms with Crippen molar-refractivity contribution < 1.29 is 39.1 Å². The number of aliphatic hydroxyl groups is 3. The third-order valence-electron chi connectivity index (χ3n) is 7.03. The monoisotopic (exact) mass is 766 g/mol. The van der Waals surface area contributed by atoms with E-state index in [9.17, 15) is 15.0 Å². The highest BCUT2D eigenvalue weighted by atomic mass is 79.9. The molecule has 2 aromatic carbocycles. The molecule has 234 valence electrons. The van der Waals surface area contributed by atoms with Crippen LogP contribution in [0.4, 0.5) is 0 Å². The molecule has 0 aliphatic carbocycles. The zero-order valence-electron chi connectivity index (χ0n) is 23.6. The summed E-state index contributed by atoms with van der Waals surface area (Å²) in [5.74, 6) is -0.0507. The lowest BCUT2D eigenvalue weighted by molar-refractivity contribution is -0.0415. The minimum atomic E-state index is -0.731. The molecule has 2 aliphatic rings. The number of rotatable bonds is 10. The van der Waals surface area contributed by atoms with Gasteiger partial charge in [-0.1, -0.05) is 44.0 Å². The molecule has 6 rings (SSSR count). The van der Waals surface area contributed by atoms with Crippen molar-refractivity contribution in [1.82, 2.24) is 0 Å². The summed E-state index contributed by atoms with van der Waals surface area (Å²) in [5.41, 5.74) is 4.64. The number of hydrogen-bond acceptors (Lipinski definition) is 10. The van der Waals surface area contributed by atoms with E-state index in [1.54, 1.807) is 6.07 Å². The molecule has 0 bridgehead atoms. The molecule has 3 N–H and O–H groups in total. The Kier molecular flexibility index (Phi) is 12.3. The fourth-order valence-corrected chi connectivity index (χ4v) is 7.42. The maximum absolute atomic E-state index is 12.7. The van der Waals surface area contributed by atoms with Crippen LogP contribution in [-0.2, 0) is 31.8 Å². The summed E-state index contributed by atoms with van der Waals surface area (Å²) < 4.78 is 23.6. The van der Waals surface area contributed by atoms with E-state index in [1.165, 1.54) is 22.7 Å². The first-order valence-corrected chi connectivity index (χ1v) is 17.4. The third-order valence-corrected chi connectivity index (χ3v) is 9.94. The second-order valence-corrected chi connectivity index (χ2v) is 13.7. The molecule has 2 saturated heterocycles. The molecule has 12 heteroatoms. The quantitative estimate of drug-likeness (QED) is 0.157. The predicted octanol–water partition coefficient (Wildman–Crippen LogP) is 6.49. The zero-order valence-corrected chi connectivity index (χ0v) is 28.4. The molecule has 2 aliphatic heterocycles. The maximum Gasteiger partial charge on any atom is 0.194 e. The zero-order chi connectivity index (χ0) is 31.1. The van der Waals surface area contributed by atoms with Gasteiger partial charge in [0.15, 0.2) is 18.4 Å². The van der Waals surface area contributed by atoms with E-state index < -0.39 is 6.10 Å². The molecule has 1 atom stereocenters. The highest BCUT2D eigenvalue weighted by molar-refractivity contribution is 9.10. The summed E-state index contributed by atoms with van der Waals surface area (Å²) in [7, 11) is 0. The Morgan fingerprint density at radius 1 is 0.773 bits per heavy atom. The van der Waals surface area contributed by atoms with Crippen molar-refractivity contribution in [1.29, 1.82) is 0 Å². The number of halogens is 2. The molecule has 1 unspecified atom stereocenters. The molecule has 0 saturated carbocycles. The highest BCUT2D eigenvalue weighted by Crippen LogP contribution is 2.35. The summed E-state index contributed by atoms with van der Waals surface area (Å²) in [6.07, 6.45) is -0.423. The first-order chi connectivity index (χ1) is 21.4. The van der Waals surface area contributed by atoms with Crippen LogP contribution in [0, 0.1) is 0 Å². The number of hydrogen-bond donors (Lipinski definition) is 3. The second kappa shape index (κ2) is 16.1. The van der Waals surface area contributed by atoms with Gasteiger partial charge in [0.1, 0.15) is 6.10 Å². The van der Waals surface area contributed by atoms with Gasteiger partial charge in [-0.05, 0) is 76.9 Å². The number of benzene rings is 2. The van der Waals surface area contributed by atoms with E-state index in [1.807, 2.05) is 53.2 Å². The molecular formula is C32H32Br2O8S2. The molecule has 44 heavy (non-hydrogen) atoms. The van der Waals surface area contributed by atoms with Crippen LogP contribution < -0.4 is 0 Å². The molecule has 0 spiro atoms. The number of ketones is 1. The van der Waals surface area contributed by atoms with E-state index in [0.717, 1.165) is 41.0 Å². The van der Waals surface area contributed by atoms with Crippen molar-refractivity contribution >= 4 is 60.3 Å². The van der Waals surface area contributed by atoms with E-state index >= 15 is 0 Å². The van der Waals surface area contributed by atoms with Crippen LogP contribution in [0.5, 0.6) is 0 Å². The van der Waals surface area contributed by atoms with E-state index in [2.05, 4.69) is 31.9 Å². The minimum Gasteiger partial charge on any atom is -0.396 e. The number of ether oxygens (including phenoxy) is 4. The first kappa shape index (κ1) is 33.6. The SMILES string of the molecule is O=C(c1csc(C2OCCO2)c1)c1cc(Br)ccc1CCO.OCCc1ccc(Br)cc1C(O)c1csc(C2OCCO2)c1. The topological polar surface area (TPSA) is 115 Å². The Hall–Kier alpha value is -1.81. The smallest absolute Gasteiger partial charge is 0.194 e. The maximum atomic E-state index is 12.7. The van der Waals surface area contributed by atoms with Crippen molar-refractivity contribution in [3.63, 3.8) is 0 Å². The third kappa shape index (κ3) is 8.31. The van der Waals surface area contributed by atoms with Crippen molar-refractivity contribution in [3.8, 4) is 0 Å². The van der Waals surface area contributed by atoms with Gasteiger partial charge < -0.3 is 34.3 Å². The molecule has 0 radical (unpaired) electrons. The number of carbonyl (C=O) groups excluding carboxylic acids is 1. The molecule has 8 nitrogen and oxygen atoms in total. The fraction of sp³-hybridized carbons (Fsp3) is 0.344. The van der Waals surface area contributed by atoms with Gasteiger partial charge in [-0.3, -0.25) is 4.79 Å². The minimum absolute atomic E-state index is 0.0144. The van der Waals surface area contributed by atoms with Gasteiger partial charge in [0.2, 0.25) is 0 Å². The second-order valence-electron chi connectivity index (χ2n) is 9.99. The number of carbonyl (C=O) groups is 1. The van der Waals surface area contributed by atoms with Crippen LogP contribution in [-0.4, -0.2) is 60.7 Å². The number of aliphatic hydroxyl groups excluding tert-OH is 3. The lowest BCUT2D eigenvalue weighted by Crippen LogP contribution is -2.06. The molecule has 4 aromatic rings. The van der Waals surface area contributed by atoms with Gasteiger partial charge in [-0.25, -0.2) is 0 Å². The van der Waals surface area contributed by atoms with Crippen LogP contribution in [0.2, 0.25) is 0 Å². The fourth-order valence-electron chi connectivity index (χ4n) is 4.88. The van der Waals surface area contributed by atoms with Crippen LogP contribution in [0.1, 0.15) is 66.6 Å². The summed E-state index contributed by atoms with van der Waals surface area (Å²) in [6.45, 7) is 2.44. The summed E-state index contributed by atoms with van der Waals surface area (Å²) in [6, 6.07) is 15.0. The van der Waals surface area contributed by atoms with Crippen LogP contribution in [0.25, 0.3) is 0 Å². The average Bonchev–Trinajstić information content (AvgIpc) is 3.86. The van der Waals surface area contributed by atoms with Gasteiger partial charge in [0, 0.05) is 38.7 Å². The molecule has 2 aromatic heterocycles. The first-order valence-electron chi connectivity index (χ1n) is 14.0. The average molecular weight is 769 g/mol. The van der Waals surface area contributed by atoms with Crippen LogP contribution >= 0.6 is 54.5 Å². The van der Waals surface area contributed by atoms with E-state index in [0.29, 0.717) is 50.4 Å². The van der Waals surface area contributed by atoms with Crippen LogP contribution in [0.3, 0.4) is 0 Å². The Balaban J connectivity index is 0.000000175. The molecule has 2 fully saturated rings. The molecule has 4 heterocycles. The van der Waals surface area contributed by atoms with Crippen molar-refractivity contribution in [2.24, 2.45) is 0 Å². The van der Waals surface area contributed by atoms with Gasteiger partial charge in [-0.15, -0.1) is 22.7 Å². The largest absolute Gasteiger partial charge is 0.396 e. The van der Waals surface area contributed by atoms with Gasteiger partial charge in [0.25, 0.3) is 0 Å². The van der Waals surface area contributed by atoms with Gasteiger partial charge in [-0.2, -0.15) is 0 Å². The summed E-state index contributed by atoms with van der Waals surface area (Å²) in [4.78, 5) is 14.6. The van der Waals surface area contributed by atoms with Crippen molar-refractivity contribution in [2.75, 3.05) is 39.6 Å². The highest BCUT2D eigenvalue weighted by Gasteiger charge is 2.24. The Morgan fingerprint density at radius 2 is 1.32 bits per heavy atom. The van der Waals surface area contributed by atoms with Gasteiger partial charge in [0.05, 0.1) is 36.2 Å². The molecule has 0 amide bonds. The Labute approximate surface area is 280 Å². The Bertz CT molecular complexity index is 1540. The van der Waals surface area contributed by atoms with Crippen molar-refractivity contribution in [3.05, 3.63) is 111 Å². The lowest BCUT2D eigenvalue weighted by atomic mass is 9.96. The van der Waals surface area contributed by atoms with Crippen molar-refractivity contribution in [2.45, 2.75) is 31.5 Å². The standard InChI is InChI=1S/C16H17BrO4S.C16H15BrO4S/c2*17-12-2-1-10(3-4-18)13(8-12)15(19)11-7-14(22-9-11)16-20-5-6-21-16/h1-2,7-9,15-16,18-19H,3-6H2;1-2,7-9,16,18H,3-6H2. The van der Waals surface area contributed by atoms with Gasteiger partial charge >= 0.3 is 0 Å². The Morgan fingerprint density at radius 3 is 1.95 bits per heavy atom. The van der Waals surface area contributed by atoms with E-state index in [4.69, 9.17) is 24.1 Å². The van der Waals surface area contributed by atoms with Crippen LogP contribution in [0.15, 0.2) is 68.2 Å². The predicted molar refractivity (Wildman–Crippen MR) is 175 cm³/mol. The number of thiophene rings is 2. The lowest BCUT2D eigenvalue weighted by Gasteiger charge is -2.15.